The van der Waals surface area contributed by atoms with Gasteiger partial charge in [0.2, 0.25) is 17.7 Å². The number of carbonyl (C=O) groups excluding carboxylic acids is 3. The SMILES string of the molecule is Cc1csc(CC(=O)N2CCN(CN3C(=O)[C@H]4CC=CC[C@H]4C3=O)CC2)n1. The Balaban J connectivity index is 1.29. The number of piperazine rings is 1. The van der Waals surface area contributed by atoms with Crippen LogP contribution in [0.1, 0.15) is 23.5 Å². The number of amides is 3. The van der Waals surface area contributed by atoms with Gasteiger partial charge in [-0.3, -0.25) is 24.2 Å². The number of nitrogens with zero attached hydrogens (tertiary/aromatic N) is 4. The summed E-state index contributed by atoms with van der Waals surface area (Å²) in [6, 6.07) is 0. The van der Waals surface area contributed by atoms with Crippen molar-refractivity contribution in [3.63, 3.8) is 0 Å². The molecule has 0 unspecified atom stereocenters. The fourth-order valence-electron chi connectivity index (χ4n) is 4.07. The number of thiazole rings is 1. The third kappa shape index (κ3) is 3.68. The molecular formula is C19H24N4O3S. The van der Waals surface area contributed by atoms with Crippen LogP contribution in [0, 0.1) is 18.8 Å². The summed E-state index contributed by atoms with van der Waals surface area (Å²) in [6.45, 7) is 4.86. The van der Waals surface area contributed by atoms with Gasteiger partial charge in [0, 0.05) is 37.3 Å². The number of aromatic nitrogens is 1. The fraction of sp³-hybridized carbons (Fsp3) is 0.579. The molecule has 7 nitrogen and oxygen atoms in total. The van der Waals surface area contributed by atoms with Gasteiger partial charge >= 0.3 is 0 Å². The third-order valence-corrected chi connectivity index (χ3v) is 6.60. The third-order valence-electron chi connectivity index (χ3n) is 5.63. The van der Waals surface area contributed by atoms with E-state index in [1.54, 1.807) is 0 Å². The Labute approximate surface area is 162 Å². The molecule has 3 aliphatic rings. The minimum atomic E-state index is -0.174. The average Bonchev–Trinajstić information content (AvgIpc) is 3.19. The Kier molecular flexibility index (Phi) is 5.10. The molecular weight excluding hydrogens is 364 g/mol. The van der Waals surface area contributed by atoms with Gasteiger partial charge in [-0.05, 0) is 19.8 Å². The number of fused-ring (bicyclic) bond motifs is 1. The highest BCUT2D eigenvalue weighted by atomic mass is 32.1. The highest BCUT2D eigenvalue weighted by Gasteiger charge is 2.47. The van der Waals surface area contributed by atoms with E-state index in [0.29, 0.717) is 52.1 Å². The lowest BCUT2D eigenvalue weighted by atomic mass is 9.85. The van der Waals surface area contributed by atoms with Crippen molar-refractivity contribution in [3.8, 4) is 0 Å². The van der Waals surface area contributed by atoms with Crippen molar-refractivity contribution in [2.75, 3.05) is 32.8 Å². The first-order valence-corrected chi connectivity index (χ1v) is 10.3. The van der Waals surface area contributed by atoms with Crippen LogP contribution in [0.25, 0.3) is 0 Å². The van der Waals surface area contributed by atoms with Crippen molar-refractivity contribution < 1.29 is 14.4 Å². The summed E-state index contributed by atoms with van der Waals surface area (Å²) < 4.78 is 0. The van der Waals surface area contributed by atoms with E-state index < -0.39 is 0 Å². The Bertz CT molecular complexity index is 756. The Morgan fingerprint density at radius 2 is 1.74 bits per heavy atom. The lowest BCUT2D eigenvalue weighted by Gasteiger charge is -2.36. The van der Waals surface area contributed by atoms with E-state index in [2.05, 4.69) is 9.88 Å². The van der Waals surface area contributed by atoms with Crippen LogP contribution in [0.4, 0.5) is 0 Å². The Morgan fingerprint density at radius 1 is 1.11 bits per heavy atom. The molecule has 144 valence electrons. The first kappa shape index (κ1) is 18.3. The summed E-state index contributed by atoms with van der Waals surface area (Å²) in [4.78, 5) is 47.3. The van der Waals surface area contributed by atoms with E-state index >= 15 is 0 Å². The highest BCUT2D eigenvalue weighted by molar-refractivity contribution is 7.09. The van der Waals surface area contributed by atoms with Crippen molar-refractivity contribution in [2.24, 2.45) is 11.8 Å². The van der Waals surface area contributed by atoms with Crippen LogP contribution < -0.4 is 0 Å². The van der Waals surface area contributed by atoms with Crippen molar-refractivity contribution in [2.45, 2.75) is 26.2 Å². The summed E-state index contributed by atoms with van der Waals surface area (Å²) in [7, 11) is 0. The maximum absolute atomic E-state index is 12.6. The van der Waals surface area contributed by atoms with Crippen LogP contribution in [0.2, 0.25) is 0 Å². The smallest absolute Gasteiger partial charge is 0.234 e. The predicted octanol–water partition coefficient (Wildman–Crippen LogP) is 1.05. The number of hydrogen-bond acceptors (Lipinski definition) is 6. The standard InChI is InChI=1S/C19H24N4O3S/c1-13-11-27-16(20-13)10-17(24)22-8-6-21(7-9-22)12-23-18(25)14-4-2-3-5-15(14)19(23)26/h2-3,11,14-15H,4-10,12H2,1H3/t14-,15+. The fourth-order valence-corrected chi connectivity index (χ4v) is 4.83. The van der Waals surface area contributed by atoms with E-state index in [0.717, 1.165) is 10.7 Å². The molecule has 0 bridgehead atoms. The van der Waals surface area contributed by atoms with E-state index in [-0.39, 0.29) is 29.6 Å². The molecule has 2 atom stereocenters. The molecule has 2 aliphatic heterocycles. The van der Waals surface area contributed by atoms with Crippen LogP contribution in [-0.2, 0) is 20.8 Å². The minimum Gasteiger partial charge on any atom is -0.340 e. The number of hydrogen-bond donors (Lipinski definition) is 0. The zero-order chi connectivity index (χ0) is 19.0. The molecule has 8 heteroatoms. The summed E-state index contributed by atoms with van der Waals surface area (Å²) in [5, 5.41) is 2.81. The van der Waals surface area contributed by atoms with Gasteiger partial charge < -0.3 is 4.90 Å². The molecule has 0 N–H and O–H groups in total. The van der Waals surface area contributed by atoms with E-state index in [9.17, 15) is 14.4 Å². The zero-order valence-corrected chi connectivity index (χ0v) is 16.3. The van der Waals surface area contributed by atoms with Crippen molar-refractivity contribution >= 4 is 29.1 Å². The second-order valence-electron chi connectivity index (χ2n) is 7.46. The molecule has 0 radical (unpaired) electrons. The number of carbonyl (C=O) groups is 3. The van der Waals surface area contributed by atoms with Crippen LogP contribution in [0.3, 0.4) is 0 Å². The first-order valence-electron chi connectivity index (χ1n) is 9.44. The summed E-state index contributed by atoms with van der Waals surface area (Å²) in [6.07, 6.45) is 5.70. The second kappa shape index (κ2) is 7.52. The van der Waals surface area contributed by atoms with Crippen LogP contribution in [-0.4, -0.2) is 70.3 Å². The molecule has 2 fully saturated rings. The molecule has 1 aromatic rings. The number of imide groups is 1. The molecule has 0 aromatic carbocycles. The summed E-state index contributed by atoms with van der Waals surface area (Å²) in [5.74, 6) is -0.326. The van der Waals surface area contributed by atoms with Gasteiger partial charge in [0.1, 0.15) is 5.01 Å². The van der Waals surface area contributed by atoms with Gasteiger partial charge in [-0.2, -0.15) is 0 Å². The topological polar surface area (TPSA) is 73.8 Å². The normalized spacial score (nSPS) is 26.0. The number of allylic oxidation sites excluding steroid dienone is 2. The molecule has 0 spiro atoms. The van der Waals surface area contributed by atoms with Crippen LogP contribution in [0.5, 0.6) is 0 Å². The summed E-state index contributed by atoms with van der Waals surface area (Å²) in [5.41, 5.74) is 0.948. The molecule has 27 heavy (non-hydrogen) atoms. The largest absolute Gasteiger partial charge is 0.340 e. The van der Waals surface area contributed by atoms with Crippen molar-refractivity contribution in [1.29, 1.82) is 0 Å². The Morgan fingerprint density at radius 3 is 2.30 bits per heavy atom. The minimum absolute atomic E-state index is 0.0352. The molecule has 2 saturated heterocycles. The molecule has 1 aliphatic carbocycles. The van der Waals surface area contributed by atoms with Gasteiger partial charge in [-0.1, -0.05) is 12.2 Å². The average molecular weight is 388 g/mol. The first-order chi connectivity index (χ1) is 13.0. The van der Waals surface area contributed by atoms with Gasteiger partial charge in [0.25, 0.3) is 0 Å². The predicted molar refractivity (Wildman–Crippen MR) is 101 cm³/mol. The van der Waals surface area contributed by atoms with E-state index in [4.69, 9.17) is 0 Å². The Hall–Kier alpha value is -2.06. The quantitative estimate of drug-likeness (QED) is 0.569. The monoisotopic (exact) mass is 388 g/mol. The molecule has 3 heterocycles. The number of aryl methyl sites for hydroxylation is 1. The molecule has 0 saturated carbocycles. The molecule has 3 amide bonds. The van der Waals surface area contributed by atoms with Crippen LogP contribution >= 0.6 is 11.3 Å². The lowest BCUT2D eigenvalue weighted by molar-refractivity contribution is -0.144. The molecule has 4 rings (SSSR count). The summed E-state index contributed by atoms with van der Waals surface area (Å²) >= 11 is 1.52. The highest BCUT2D eigenvalue weighted by Crippen LogP contribution is 2.35. The van der Waals surface area contributed by atoms with Crippen molar-refractivity contribution in [1.82, 2.24) is 19.7 Å². The van der Waals surface area contributed by atoms with Gasteiger partial charge in [0.05, 0.1) is 24.9 Å². The van der Waals surface area contributed by atoms with Gasteiger partial charge in [-0.15, -0.1) is 11.3 Å². The van der Waals surface area contributed by atoms with Crippen molar-refractivity contribution in [3.05, 3.63) is 28.2 Å². The second-order valence-corrected chi connectivity index (χ2v) is 8.40. The van der Waals surface area contributed by atoms with Gasteiger partial charge in [-0.25, -0.2) is 4.98 Å². The molecule has 1 aromatic heterocycles. The number of likely N-dealkylation sites (tertiary alicyclic amines) is 1. The zero-order valence-electron chi connectivity index (χ0n) is 15.5. The van der Waals surface area contributed by atoms with Gasteiger partial charge in [0.15, 0.2) is 0 Å². The lowest BCUT2D eigenvalue weighted by Crippen LogP contribution is -2.52. The van der Waals surface area contributed by atoms with E-state index in [1.807, 2.05) is 29.4 Å². The van der Waals surface area contributed by atoms with Crippen LogP contribution in [0.15, 0.2) is 17.5 Å². The maximum Gasteiger partial charge on any atom is 0.234 e. The maximum atomic E-state index is 12.6. The van der Waals surface area contributed by atoms with E-state index in [1.165, 1.54) is 16.2 Å². The number of rotatable bonds is 4.